The van der Waals surface area contributed by atoms with Gasteiger partial charge in [0.2, 0.25) is 11.8 Å². The number of carbonyl (C=O) groups excluding carboxylic acids is 1. The third-order valence-electron chi connectivity index (χ3n) is 5.28. The molecule has 6 nitrogen and oxygen atoms in total. The summed E-state index contributed by atoms with van der Waals surface area (Å²) in [6, 6.07) is 13.4. The van der Waals surface area contributed by atoms with E-state index >= 15 is 0 Å². The van der Waals surface area contributed by atoms with E-state index in [4.69, 9.17) is 16.0 Å². The highest BCUT2D eigenvalue weighted by Crippen LogP contribution is 2.32. The molecule has 30 heavy (non-hydrogen) atoms. The van der Waals surface area contributed by atoms with E-state index < -0.39 is 0 Å². The van der Waals surface area contributed by atoms with Crippen LogP contribution in [0.1, 0.15) is 41.8 Å². The zero-order chi connectivity index (χ0) is 20.9. The Morgan fingerprint density at radius 2 is 2.07 bits per heavy atom. The number of amides is 1. The molecule has 7 heteroatoms. The summed E-state index contributed by atoms with van der Waals surface area (Å²) in [6.45, 7) is 1.70. The van der Waals surface area contributed by atoms with Crippen LogP contribution in [0.15, 0.2) is 59.3 Å². The van der Waals surface area contributed by atoms with E-state index in [1.165, 1.54) is 0 Å². The molecule has 4 rings (SSSR count). The van der Waals surface area contributed by atoms with Crippen molar-refractivity contribution in [2.24, 2.45) is 0 Å². The summed E-state index contributed by atoms with van der Waals surface area (Å²) in [5.41, 5.74) is 2.06. The van der Waals surface area contributed by atoms with Gasteiger partial charge in [-0.25, -0.2) is 4.98 Å². The Balaban J connectivity index is 1.37. The van der Waals surface area contributed by atoms with Crippen LogP contribution in [-0.2, 0) is 17.8 Å². The molecule has 0 aliphatic carbocycles. The second-order valence-corrected chi connectivity index (χ2v) is 8.14. The monoisotopic (exact) mass is 424 g/mol. The van der Waals surface area contributed by atoms with Crippen molar-refractivity contribution in [2.45, 2.75) is 31.8 Å². The molecule has 156 valence electrons. The van der Waals surface area contributed by atoms with Crippen LogP contribution >= 0.6 is 11.6 Å². The quantitative estimate of drug-likeness (QED) is 0.571. The first kappa shape index (κ1) is 20.6. The third-order valence-corrected chi connectivity index (χ3v) is 5.54. The number of halogens is 1. The number of aromatic nitrogens is 2. The average molecular weight is 425 g/mol. The van der Waals surface area contributed by atoms with Crippen molar-refractivity contribution in [3.8, 4) is 0 Å². The molecular weight excluding hydrogens is 400 g/mol. The lowest BCUT2D eigenvalue weighted by molar-refractivity contribution is -0.133. The second kappa shape index (κ2) is 9.41. The molecule has 0 N–H and O–H groups in total. The number of rotatable bonds is 7. The predicted molar refractivity (Wildman–Crippen MR) is 115 cm³/mol. The van der Waals surface area contributed by atoms with E-state index in [1.807, 2.05) is 59.3 Å². The molecule has 3 aromatic rings. The fourth-order valence-corrected chi connectivity index (χ4v) is 3.96. The molecule has 0 radical (unpaired) electrons. The van der Waals surface area contributed by atoms with Gasteiger partial charge in [0.25, 0.3) is 0 Å². The van der Waals surface area contributed by atoms with Crippen LogP contribution in [0.25, 0.3) is 0 Å². The second-order valence-electron chi connectivity index (χ2n) is 7.71. The van der Waals surface area contributed by atoms with Gasteiger partial charge in [-0.2, -0.15) is 0 Å². The maximum atomic E-state index is 12.9. The molecule has 1 aliphatic heterocycles. The summed E-state index contributed by atoms with van der Waals surface area (Å²) in [5.74, 6) is 1.50. The van der Waals surface area contributed by atoms with Crippen molar-refractivity contribution in [3.63, 3.8) is 0 Å². The predicted octanol–water partition coefficient (Wildman–Crippen LogP) is 4.11. The summed E-state index contributed by atoms with van der Waals surface area (Å²) in [5, 5.41) is 0.713. The van der Waals surface area contributed by atoms with Gasteiger partial charge in [-0.1, -0.05) is 29.8 Å². The molecule has 0 spiro atoms. The Hall–Kier alpha value is -2.70. The van der Waals surface area contributed by atoms with Crippen molar-refractivity contribution in [2.75, 3.05) is 20.1 Å². The maximum absolute atomic E-state index is 12.9. The average Bonchev–Trinajstić information content (AvgIpc) is 3.40. The van der Waals surface area contributed by atoms with E-state index in [0.29, 0.717) is 30.4 Å². The number of pyridine rings is 1. The smallest absolute Gasteiger partial charge is 0.237 e. The van der Waals surface area contributed by atoms with Crippen molar-refractivity contribution >= 4 is 17.5 Å². The fourth-order valence-electron chi connectivity index (χ4n) is 3.83. The molecule has 2 aromatic heterocycles. The number of likely N-dealkylation sites (N-methyl/N-ethyl adjacent to an activating group) is 1. The number of oxazole rings is 1. The van der Waals surface area contributed by atoms with Gasteiger partial charge in [0.15, 0.2) is 0 Å². The van der Waals surface area contributed by atoms with Gasteiger partial charge in [-0.15, -0.1) is 0 Å². The van der Waals surface area contributed by atoms with E-state index in [0.717, 1.165) is 36.4 Å². The van der Waals surface area contributed by atoms with Crippen LogP contribution in [0.5, 0.6) is 0 Å². The van der Waals surface area contributed by atoms with E-state index in [2.05, 4.69) is 9.97 Å². The minimum absolute atomic E-state index is 0.0911. The van der Waals surface area contributed by atoms with Crippen LogP contribution in [0.3, 0.4) is 0 Å². The van der Waals surface area contributed by atoms with Crippen LogP contribution < -0.4 is 0 Å². The molecule has 1 fully saturated rings. The Bertz CT molecular complexity index is 974. The molecule has 1 aliphatic rings. The van der Waals surface area contributed by atoms with Crippen LogP contribution in [0.2, 0.25) is 5.02 Å². The van der Waals surface area contributed by atoms with Gasteiger partial charge in [0.1, 0.15) is 11.8 Å². The lowest BCUT2D eigenvalue weighted by atomic mass is 10.1. The highest BCUT2D eigenvalue weighted by molar-refractivity contribution is 6.30. The molecule has 0 bridgehead atoms. The standard InChI is InChI=1S/C23H25ClN4O2/c1-27(15-19-5-2-3-11-25-19)16-22(29)28-12-4-6-21(28)23-26-14-20(30-23)13-17-7-9-18(24)10-8-17/h2-3,5,7-11,14,21H,4,6,12-13,15-16H2,1H3/t21-/m1/s1. The van der Waals surface area contributed by atoms with Gasteiger partial charge in [-0.3, -0.25) is 14.7 Å². The van der Waals surface area contributed by atoms with Gasteiger partial charge in [0, 0.05) is 30.7 Å². The summed E-state index contributed by atoms with van der Waals surface area (Å²) >= 11 is 5.95. The first-order chi connectivity index (χ1) is 14.6. The van der Waals surface area contributed by atoms with Crippen LogP contribution in [0, 0.1) is 0 Å². The highest BCUT2D eigenvalue weighted by atomic mass is 35.5. The van der Waals surface area contributed by atoms with Crippen molar-refractivity contribution in [3.05, 3.63) is 82.8 Å². The number of hydrogen-bond acceptors (Lipinski definition) is 5. The Morgan fingerprint density at radius 1 is 1.23 bits per heavy atom. The van der Waals surface area contributed by atoms with Gasteiger partial charge in [0.05, 0.1) is 18.4 Å². The van der Waals surface area contributed by atoms with E-state index in [1.54, 1.807) is 12.4 Å². The topological polar surface area (TPSA) is 62.5 Å². The maximum Gasteiger partial charge on any atom is 0.237 e. The minimum atomic E-state index is -0.0975. The minimum Gasteiger partial charge on any atom is -0.443 e. The largest absolute Gasteiger partial charge is 0.443 e. The number of likely N-dealkylation sites (tertiary alicyclic amines) is 1. The summed E-state index contributed by atoms with van der Waals surface area (Å²) in [7, 11) is 1.94. The van der Waals surface area contributed by atoms with Crippen LogP contribution in [0.4, 0.5) is 0 Å². The summed E-state index contributed by atoms with van der Waals surface area (Å²) < 4.78 is 6.02. The van der Waals surface area contributed by atoms with Gasteiger partial charge in [-0.05, 0) is 49.7 Å². The van der Waals surface area contributed by atoms with Crippen molar-refractivity contribution in [1.29, 1.82) is 0 Å². The van der Waals surface area contributed by atoms with Gasteiger partial charge < -0.3 is 9.32 Å². The Morgan fingerprint density at radius 3 is 2.83 bits per heavy atom. The molecule has 1 amide bonds. The van der Waals surface area contributed by atoms with Crippen LogP contribution in [-0.4, -0.2) is 45.8 Å². The molecule has 1 saturated heterocycles. The lowest BCUT2D eigenvalue weighted by Crippen LogP contribution is -2.38. The number of hydrogen-bond donors (Lipinski definition) is 0. The van der Waals surface area contributed by atoms with Gasteiger partial charge >= 0.3 is 0 Å². The zero-order valence-corrected chi connectivity index (χ0v) is 17.8. The molecule has 1 aromatic carbocycles. The van der Waals surface area contributed by atoms with E-state index in [-0.39, 0.29) is 11.9 Å². The first-order valence-electron chi connectivity index (χ1n) is 10.2. The Labute approximate surface area is 181 Å². The summed E-state index contributed by atoms with van der Waals surface area (Å²) in [6.07, 6.45) is 6.01. The first-order valence-corrected chi connectivity index (χ1v) is 10.5. The lowest BCUT2D eigenvalue weighted by Gasteiger charge is -2.25. The molecule has 1 atom stereocenters. The highest BCUT2D eigenvalue weighted by Gasteiger charge is 2.33. The Kier molecular flexibility index (Phi) is 6.45. The molecule has 0 unspecified atom stereocenters. The van der Waals surface area contributed by atoms with Crippen molar-refractivity contribution < 1.29 is 9.21 Å². The number of nitrogens with zero attached hydrogens (tertiary/aromatic N) is 4. The number of benzene rings is 1. The van der Waals surface area contributed by atoms with E-state index in [9.17, 15) is 4.79 Å². The fraction of sp³-hybridized carbons (Fsp3) is 0.348. The third kappa shape index (κ3) is 5.07. The SMILES string of the molecule is CN(CC(=O)N1CCC[C@@H]1c1ncc(Cc2ccc(Cl)cc2)o1)Cc1ccccn1. The molecule has 0 saturated carbocycles. The number of carbonyl (C=O) groups is 1. The zero-order valence-electron chi connectivity index (χ0n) is 17.0. The summed E-state index contributed by atoms with van der Waals surface area (Å²) in [4.78, 5) is 25.6. The van der Waals surface area contributed by atoms with Crippen molar-refractivity contribution in [1.82, 2.24) is 19.8 Å². The normalized spacial score (nSPS) is 16.4. The molecular formula is C23H25ClN4O2. The molecule has 3 heterocycles.